The van der Waals surface area contributed by atoms with Gasteiger partial charge in [0.1, 0.15) is 5.82 Å². The summed E-state index contributed by atoms with van der Waals surface area (Å²) in [6.45, 7) is 1.71. The van der Waals surface area contributed by atoms with E-state index in [1.807, 2.05) is 12.1 Å². The van der Waals surface area contributed by atoms with Crippen LogP contribution in [0.1, 0.15) is 10.4 Å². The average Bonchev–Trinajstić information content (AvgIpc) is 2.71. The highest BCUT2D eigenvalue weighted by atomic mass is 79.9. The summed E-state index contributed by atoms with van der Waals surface area (Å²) in [7, 11) is 0. The average molecular weight is 314 g/mol. The number of hydrogen-bond acceptors (Lipinski definition) is 2. The summed E-state index contributed by atoms with van der Waals surface area (Å²) in [6.07, 6.45) is 0.848. The molecule has 0 aliphatic carbocycles. The monoisotopic (exact) mass is 313 g/mol. The smallest absolute Gasteiger partial charge is 0.123 e. The van der Waals surface area contributed by atoms with E-state index < -0.39 is 0 Å². The second kappa shape index (κ2) is 6.28. The maximum absolute atomic E-state index is 12.9. The summed E-state index contributed by atoms with van der Waals surface area (Å²) in [4.78, 5) is 1.30. The molecule has 0 unspecified atom stereocenters. The van der Waals surface area contributed by atoms with Crippen molar-refractivity contribution >= 4 is 27.3 Å². The Bertz CT molecular complexity index is 484. The molecule has 4 heteroatoms. The second-order valence-electron chi connectivity index (χ2n) is 3.75. The lowest BCUT2D eigenvalue weighted by atomic mass is 10.1. The highest BCUT2D eigenvalue weighted by Gasteiger charge is 2.00. The Morgan fingerprint density at radius 3 is 2.88 bits per heavy atom. The van der Waals surface area contributed by atoms with E-state index in [4.69, 9.17) is 0 Å². The van der Waals surface area contributed by atoms with Crippen LogP contribution >= 0.6 is 27.3 Å². The topological polar surface area (TPSA) is 12.0 Å². The highest BCUT2D eigenvalue weighted by Crippen LogP contribution is 2.22. The van der Waals surface area contributed by atoms with Crippen molar-refractivity contribution in [2.75, 3.05) is 6.54 Å². The van der Waals surface area contributed by atoms with Crippen LogP contribution in [-0.4, -0.2) is 6.54 Å². The molecule has 0 aliphatic rings. The van der Waals surface area contributed by atoms with Crippen LogP contribution in [0.5, 0.6) is 0 Å². The molecule has 0 radical (unpaired) electrons. The van der Waals surface area contributed by atoms with Crippen molar-refractivity contribution in [3.05, 3.63) is 56.4 Å². The number of halogens is 2. The standard InChI is InChI=1S/C13H13BrFNS/c14-12-5-7-17-13(12)9-16-6-4-10-2-1-3-11(15)8-10/h1-3,5,7-8,16H,4,6,9H2. The van der Waals surface area contributed by atoms with Crippen LogP contribution in [0.15, 0.2) is 40.2 Å². The molecule has 2 rings (SSSR count). The van der Waals surface area contributed by atoms with Crippen LogP contribution in [0.25, 0.3) is 0 Å². The molecular weight excluding hydrogens is 301 g/mol. The van der Waals surface area contributed by atoms with Crippen molar-refractivity contribution in [1.29, 1.82) is 0 Å². The first-order valence-electron chi connectivity index (χ1n) is 5.43. The first kappa shape index (κ1) is 12.7. The molecule has 17 heavy (non-hydrogen) atoms. The van der Waals surface area contributed by atoms with Gasteiger partial charge in [0.25, 0.3) is 0 Å². The third-order valence-corrected chi connectivity index (χ3v) is 4.38. The fraction of sp³-hybridized carbons (Fsp3) is 0.231. The minimum atomic E-state index is -0.163. The van der Waals surface area contributed by atoms with Gasteiger partial charge < -0.3 is 5.32 Å². The molecule has 0 atom stereocenters. The molecule has 0 bridgehead atoms. The zero-order valence-corrected chi connectivity index (χ0v) is 11.7. The van der Waals surface area contributed by atoms with E-state index in [9.17, 15) is 4.39 Å². The van der Waals surface area contributed by atoms with E-state index in [1.54, 1.807) is 23.5 Å². The van der Waals surface area contributed by atoms with Crippen molar-refractivity contribution in [3.8, 4) is 0 Å². The summed E-state index contributed by atoms with van der Waals surface area (Å²) >= 11 is 5.22. The lowest BCUT2D eigenvalue weighted by Gasteiger charge is -2.04. The van der Waals surface area contributed by atoms with Gasteiger partial charge in [0.05, 0.1) is 0 Å². The van der Waals surface area contributed by atoms with Crippen LogP contribution < -0.4 is 5.32 Å². The zero-order valence-electron chi connectivity index (χ0n) is 9.25. The van der Waals surface area contributed by atoms with Gasteiger partial charge in [0, 0.05) is 15.9 Å². The van der Waals surface area contributed by atoms with Gasteiger partial charge >= 0.3 is 0 Å². The molecule has 2 aromatic rings. The number of rotatable bonds is 5. The van der Waals surface area contributed by atoms with Crippen molar-refractivity contribution < 1.29 is 4.39 Å². The highest BCUT2D eigenvalue weighted by molar-refractivity contribution is 9.10. The number of hydrogen-bond donors (Lipinski definition) is 1. The van der Waals surface area contributed by atoms with Crippen molar-refractivity contribution in [1.82, 2.24) is 5.32 Å². The van der Waals surface area contributed by atoms with E-state index in [0.717, 1.165) is 29.5 Å². The normalized spacial score (nSPS) is 10.7. The Balaban J connectivity index is 1.75. The Hall–Kier alpha value is -0.710. The molecule has 0 saturated carbocycles. The van der Waals surface area contributed by atoms with Gasteiger partial charge in [-0.1, -0.05) is 12.1 Å². The molecule has 0 amide bonds. The molecular formula is C13H13BrFNS. The minimum Gasteiger partial charge on any atom is -0.311 e. The predicted octanol–water partition coefficient (Wildman–Crippen LogP) is 3.98. The molecule has 0 aliphatic heterocycles. The summed E-state index contributed by atoms with van der Waals surface area (Å²) in [6, 6.07) is 8.81. The Labute approximate surface area is 113 Å². The maximum Gasteiger partial charge on any atom is 0.123 e. The van der Waals surface area contributed by atoms with Gasteiger partial charge in [0.2, 0.25) is 0 Å². The first-order valence-corrected chi connectivity index (χ1v) is 7.10. The van der Waals surface area contributed by atoms with Crippen LogP contribution in [0.3, 0.4) is 0 Å². The van der Waals surface area contributed by atoms with Crippen LogP contribution in [-0.2, 0) is 13.0 Å². The van der Waals surface area contributed by atoms with Gasteiger partial charge in [-0.3, -0.25) is 0 Å². The third kappa shape index (κ3) is 3.91. The van der Waals surface area contributed by atoms with Gasteiger partial charge in [-0.05, 0) is 58.0 Å². The lowest BCUT2D eigenvalue weighted by Crippen LogP contribution is -2.16. The maximum atomic E-state index is 12.9. The summed E-state index contributed by atoms with van der Waals surface area (Å²) < 4.78 is 14.1. The lowest BCUT2D eigenvalue weighted by molar-refractivity contribution is 0.623. The van der Waals surface area contributed by atoms with E-state index in [2.05, 4.69) is 26.6 Å². The first-order chi connectivity index (χ1) is 8.25. The summed E-state index contributed by atoms with van der Waals surface area (Å²) in [5, 5.41) is 5.42. The van der Waals surface area contributed by atoms with E-state index in [-0.39, 0.29) is 5.82 Å². The van der Waals surface area contributed by atoms with Crippen LogP contribution in [0.4, 0.5) is 4.39 Å². The van der Waals surface area contributed by atoms with Crippen molar-refractivity contribution in [2.24, 2.45) is 0 Å². The Morgan fingerprint density at radius 2 is 2.18 bits per heavy atom. The summed E-state index contributed by atoms with van der Waals surface area (Å²) in [5.74, 6) is -0.163. The quantitative estimate of drug-likeness (QED) is 0.823. The Morgan fingerprint density at radius 1 is 1.29 bits per heavy atom. The van der Waals surface area contributed by atoms with E-state index >= 15 is 0 Å². The van der Waals surface area contributed by atoms with Gasteiger partial charge in [-0.25, -0.2) is 4.39 Å². The fourth-order valence-electron chi connectivity index (χ4n) is 1.58. The molecule has 90 valence electrons. The fourth-order valence-corrected chi connectivity index (χ4v) is 3.04. The Kier molecular flexibility index (Phi) is 4.71. The van der Waals surface area contributed by atoms with Gasteiger partial charge in [-0.2, -0.15) is 0 Å². The largest absolute Gasteiger partial charge is 0.311 e. The molecule has 1 aromatic heterocycles. The molecule has 1 aromatic carbocycles. The molecule has 0 fully saturated rings. The molecule has 1 N–H and O–H groups in total. The SMILES string of the molecule is Fc1cccc(CCNCc2sccc2Br)c1. The number of thiophene rings is 1. The number of benzene rings is 1. The second-order valence-corrected chi connectivity index (χ2v) is 5.60. The molecule has 1 nitrogen and oxygen atoms in total. The zero-order chi connectivity index (χ0) is 12.1. The van der Waals surface area contributed by atoms with Crippen LogP contribution in [0, 0.1) is 5.82 Å². The van der Waals surface area contributed by atoms with Crippen molar-refractivity contribution in [2.45, 2.75) is 13.0 Å². The molecule has 0 saturated heterocycles. The molecule has 1 heterocycles. The van der Waals surface area contributed by atoms with Crippen LogP contribution in [0.2, 0.25) is 0 Å². The van der Waals surface area contributed by atoms with Gasteiger partial charge in [0.15, 0.2) is 0 Å². The van der Waals surface area contributed by atoms with Gasteiger partial charge in [-0.15, -0.1) is 11.3 Å². The molecule has 0 spiro atoms. The van der Waals surface area contributed by atoms with E-state index in [0.29, 0.717) is 0 Å². The predicted molar refractivity (Wildman–Crippen MR) is 73.8 cm³/mol. The number of nitrogens with one attached hydrogen (secondary N) is 1. The minimum absolute atomic E-state index is 0.163. The third-order valence-electron chi connectivity index (χ3n) is 2.46. The van der Waals surface area contributed by atoms with E-state index in [1.165, 1.54) is 10.9 Å². The summed E-state index contributed by atoms with van der Waals surface area (Å²) in [5.41, 5.74) is 1.03. The van der Waals surface area contributed by atoms with Crippen molar-refractivity contribution in [3.63, 3.8) is 0 Å².